The van der Waals surface area contributed by atoms with E-state index in [0.29, 0.717) is 16.9 Å². The van der Waals surface area contributed by atoms with E-state index in [9.17, 15) is 14.7 Å². The number of esters is 1. The molecule has 0 aliphatic carbocycles. The van der Waals surface area contributed by atoms with Gasteiger partial charge in [0.25, 0.3) is 5.91 Å². The van der Waals surface area contributed by atoms with Crippen LogP contribution in [-0.4, -0.2) is 29.2 Å². The molecule has 5 nitrogen and oxygen atoms in total. The molecule has 0 fully saturated rings. The summed E-state index contributed by atoms with van der Waals surface area (Å²) in [6.07, 6.45) is 1.26. The van der Waals surface area contributed by atoms with Crippen molar-refractivity contribution in [3.8, 4) is 0 Å². The Labute approximate surface area is 181 Å². The standard InChI is InChI=1S/C26H23NO4/c1-2-31-24(28)17-22-21-15-9-10-16-23(21)27(20-13-7-4-8-14-20)25(29)26(22,30)18-19-11-5-3-6-12-19/h3-17,30H,2,18H2,1H3/b22-17-. The largest absolute Gasteiger partial charge is 0.463 e. The SMILES string of the molecule is CCOC(=O)/C=C1/c2ccccc2N(c2ccccc2)C(=O)C1(O)Cc1ccccc1. The summed E-state index contributed by atoms with van der Waals surface area (Å²) in [6.45, 7) is 1.91. The summed E-state index contributed by atoms with van der Waals surface area (Å²) in [4.78, 5) is 27.7. The number of aliphatic hydroxyl groups is 1. The van der Waals surface area contributed by atoms with E-state index in [0.717, 1.165) is 5.56 Å². The Balaban J connectivity index is 1.94. The molecule has 3 aromatic rings. The topological polar surface area (TPSA) is 66.8 Å². The second-order valence-corrected chi connectivity index (χ2v) is 7.33. The Hall–Kier alpha value is -3.70. The van der Waals surface area contributed by atoms with Crippen molar-refractivity contribution in [1.29, 1.82) is 0 Å². The molecule has 0 radical (unpaired) electrons. The van der Waals surface area contributed by atoms with Crippen molar-refractivity contribution in [2.45, 2.75) is 18.9 Å². The summed E-state index contributed by atoms with van der Waals surface area (Å²) in [5.41, 5.74) is 0.923. The van der Waals surface area contributed by atoms with Crippen LogP contribution in [0.25, 0.3) is 5.57 Å². The van der Waals surface area contributed by atoms with Gasteiger partial charge in [0.15, 0.2) is 5.60 Å². The zero-order valence-electron chi connectivity index (χ0n) is 17.2. The van der Waals surface area contributed by atoms with Gasteiger partial charge < -0.3 is 9.84 Å². The second-order valence-electron chi connectivity index (χ2n) is 7.33. The molecule has 1 heterocycles. The third-order valence-electron chi connectivity index (χ3n) is 5.30. The summed E-state index contributed by atoms with van der Waals surface area (Å²) in [5.74, 6) is -1.11. The van der Waals surface area contributed by atoms with E-state index in [1.807, 2.05) is 72.8 Å². The van der Waals surface area contributed by atoms with Crippen molar-refractivity contribution >= 4 is 28.8 Å². The van der Waals surface area contributed by atoms with Crippen LogP contribution >= 0.6 is 0 Å². The van der Waals surface area contributed by atoms with Gasteiger partial charge in [-0.15, -0.1) is 0 Å². The third kappa shape index (κ3) is 3.88. The van der Waals surface area contributed by atoms with Crippen LogP contribution < -0.4 is 4.90 Å². The number of anilines is 2. The van der Waals surface area contributed by atoms with Crippen molar-refractivity contribution < 1.29 is 19.4 Å². The molecule has 0 spiro atoms. The maximum absolute atomic E-state index is 13.8. The van der Waals surface area contributed by atoms with Crippen LogP contribution in [0.1, 0.15) is 18.1 Å². The molecular formula is C26H23NO4. The molecule has 3 aromatic carbocycles. The lowest BCUT2D eigenvalue weighted by Crippen LogP contribution is -2.53. The number of nitrogens with zero attached hydrogens (tertiary/aromatic N) is 1. The zero-order chi connectivity index (χ0) is 21.8. The van der Waals surface area contributed by atoms with E-state index in [-0.39, 0.29) is 18.6 Å². The average molecular weight is 413 g/mol. The van der Waals surface area contributed by atoms with E-state index in [4.69, 9.17) is 4.74 Å². The number of carbonyl (C=O) groups is 2. The number of fused-ring (bicyclic) bond motifs is 1. The molecular weight excluding hydrogens is 390 g/mol. The van der Waals surface area contributed by atoms with E-state index in [1.165, 1.54) is 11.0 Å². The minimum Gasteiger partial charge on any atom is -0.463 e. The molecule has 0 aromatic heterocycles. The van der Waals surface area contributed by atoms with Gasteiger partial charge in [-0.05, 0) is 30.7 Å². The molecule has 0 saturated heterocycles. The van der Waals surface area contributed by atoms with E-state index < -0.39 is 17.5 Å². The van der Waals surface area contributed by atoms with Crippen LogP contribution in [0.2, 0.25) is 0 Å². The van der Waals surface area contributed by atoms with Gasteiger partial charge in [-0.1, -0.05) is 66.7 Å². The number of rotatable bonds is 5. The molecule has 31 heavy (non-hydrogen) atoms. The maximum atomic E-state index is 13.8. The number of benzene rings is 3. The Morgan fingerprint density at radius 2 is 1.58 bits per heavy atom. The molecule has 4 rings (SSSR count). The molecule has 5 heteroatoms. The van der Waals surface area contributed by atoms with Crippen LogP contribution in [0.3, 0.4) is 0 Å². The van der Waals surface area contributed by atoms with Gasteiger partial charge in [0.1, 0.15) is 0 Å². The first-order valence-corrected chi connectivity index (χ1v) is 10.2. The normalized spacial score (nSPS) is 19.2. The van der Waals surface area contributed by atoms with Crippen molar-refractivity contribution in [2.24, 2.45) is 0 Å². The van der Waals surface area contributed by atoms with Crippen molar-refractivity contribution in [1.82, 2.24) is 0 Å². The lowest BCUT2D eigenvalue weighted by atomic mass is 9.77. The van der Waals surface area contributed by atoms with Crippen molar-refractivity contribution in [3.05, 3.63) is 102 Å². The number of hydrogen-bond acceptors (Lipinski definition) is 4. The number of carbonyl (C=O) groups excluding carboxylic acids is 2. The first-order valence-electron chi connectivity index (χ1n) is 10.2. The van der Waals surface area contributed by atoms with Crippen LogP contribution in [0.5, 0.6) is 0 Å². The Kier molecular flexibility index (Phi) is 5.69. The van der Waals surface area contributed by atoms with Gasteiger partial charge in [-0.25, -0.2) is 4.79 Å². The lowest BCUT2D eigenvalue weighted by Gasteiger charge is -2.41. The quantitative estimate of drug-likeness (QED) is 0.501. The van der Waals surface area contributed by atoms with Gasteiger partial charge >= 0.3 is 5.97 Å². The number of para-hydroxylation sites is 2. The van der Waals surface area contributed by atoms with Gasteiger partial charge in [0.2, 0.25) is 0 Å². The van der Waals surface area contributed by atoms with Gasteiger partial charge in [0, 0.05) is 29.3 Å². The van der Waals surface area contributed by atoms with Gasteiger partial charge in [-0.2, -0.15) is 0 Å². The Bertz CT molecular complexity index is 1120. The molecule has 1 aliphatic heterocycles. The number of hydrogen-bond donors (Lipinski definition) is 1. The predicted molar refractivity (Wildman–Crippen MR) is 120 cm³/mol. The number of amides is 1. The molecule has 0 saturated carbocycles. The highest BCUT2D eigenvalue weighted by atomic mass is 16.5. The summed E-state index contributed by atoms with van der Waals surface area (Å²) in [7, 11) is 0. The Morgan fingerprint density at radius 1 is 0.968 bits per heavy atom. The second kappa shape index (κ2) is 8.58. The highest BCUT2D eigenvalue weighted by Gasteiger charge is 2.49. The minimum atomic E-state index is -1.95. The minimum absolute atomic E-state index is 0.0234. The Morgan fingerprint density at radius 3 is 2.26 bits per heavy atom. The molecule has 1 amide bonds. The van der Waals surface area contributed by atoms with Gasteiger partial charge in [0.05, 0.1) is 12.3 Å². The molecule has 1 N–H and O–H groups in total. The monoisotopic (exact) mass is 413 g/mol. The summed E-state index contributed by atoms with van der Waals surface area (Å²) >= 11 is 0. The molecule has 1 aliphatic rings. The predicted octanol–water partition coefficient (Wildman–Crippen LogP) is 4.29. The smallest absolute Gasteiger partial charge is 0.331 e. The van der Waals surface area contributed by atoms with Crippen molar-refractivity contribution in [2.75, 3.05) is 11.5 Å². The highest BCUT2D eigenvalue weighted by molar-refractivity contribution is 6.19. The van der Waals surface area contributed by atoms with Crippen molar-refractivity contribution in [3.63, 3.8) is 0 Å². The van der Waals surface area contributed by atoms with Crippen LogP contribution in [0, 0.1) is 0 Å². The highest BCUT2D eigenvalue weighted by Crippen LogP contribution is 2.45. The summed E-state index contributed by atoms with van der Waals surface area (Å²) in [6, 6.07) is 25.7. The fraction of sp³-hybridized carbons (Fsp3) is 0.154. The first kappa shape index (κ1) is 20.6. The average Bonchev–Trinajstić information content (AvgIpc) is 2.79. The first-order chi connectivity index (χ1) is 15.0. The summed E-state index contributed by atoms with van der Waals surface area (Å²) < 4.78 is 5.10. The molecule has 0 bridgehead atoms. The summed E-state index contributed by atoms with van der Waals surface area (Å²) in [5, 5.41) is 11.9. The number of ether oxygens (including phenoxy) is 1. The van der Waals surface area contributed by atoms with Crippen LogP contribution in [-0.2, 0) is 20.7 Å². The zero-order valence-corrected chi connectivity index (χ0v) is 17.2. The van der Waals surface area contributed by atoms with E-state index >= 15 is 0 Å². The van der Waals surface area contributed by atoms with E-state index in [1.54, 1.807) is 19.1 Å². The molecule has 1 unspecified atom stereocenters. The molecule has 1 atom stereocenters. The van der Waals surface area contributed by atoms with Crippen LogP contribution in [0.15, 0.2) is 91.0 Å². The fourth-order valence-corrected chi connectivity index (χ4v) is 3.92. The maximum Gasteiger partial charge on any atom is 0.331 e. The molecule has 156 valence electrons. The third-order valence-corrected chi connectivity index (χ3v) is 5.30. The van der Waals surface area contributed by atoms with E-state index in [2.05, 4.69) is 0 Å². The fourth-order valence-electron chi connectivity index (χ4n) is 3.92. The van der Waals surface area contributed by atoms with Crippen LogP contribution in [0.4, 0.5) is 11.4 Å². The lowest BCUT2D eigenvalue weighted by molar-refractivity contribution is -0.137. The van der Waals surface area contributed by atoms with Gasteiger partial charge in [-0.3, -0.25) is 9.69 Å².